The third-order valence-electron chi connectivity index (χ3n) is 3.05. The molecule has 0 aromatic carbocycles. The number of anilines is 1. The number of nitrogens with zero attached hydrogens (tertiary/aromatic N) is 4. The highest BCUT2D eigenvalue weighted by atomic mass is 16.6. The average Bonchev–Trinajstić information content (AvgIpc) is 2.66. The monoisotopic (exact) mass is 269 g/mol. The summed E-state index contributed by atoms with van der Waals surface area (Å²) in [4.78, 5) is 12.9. The van der Waals surface area contributed by atoms with Crippen molar-refractivity contribution in [3.63, 3.8) is 0 Å². The molecule has 0 radical (unpaired) electrons. The summed E-state index contributed by atoms with van der Waals surface area (Å²) in [6.45, 7) is 10.1. The summed E-state index contributed by atoms with van der Waals surface area (Å²) < 4.78 is 1.68. The predicted molar refractivity (Wildman–Crippen MR) is 75.7 cm³/mol. The van der Waals surface area contributed by atoms with Gasteiger partial charge in [-0.15, -0.1) is 0 Å². The van der Waals surface area contributed by atoms with Crippen molar-refractivity contribution in [3.8, 4) is 0 Å². The van der Waals surface area contributed by atoms with Crippen molar-refractivity contribution in [3.05, 3.63) is 15.8 Å². The van der Waals surface area contributed by atoms with E-state index in [2.05, 4.69) is 22.2 Å². The van der Waals surface area contributed by atoms with E-state index in [1.54, 1.807) is 11.6 Å². The first kappa shape index (κ1) is 15.4. The first-order valence-electron chi connectivity index (χ1n) is 6.54. The molecular formula is C12H23N5O2. The molecular weight excluding hydrogens is 246 g/mol. The summed E-state index contributed by atoms with van der Waals surface area (Å²) in [5, 5.41) is 18.5. The smallest absolute Gasteiger partial charge is 0.333 e. The first-order chi connectivity index (χ1) is 8.88. The van der Waals surface area contributed by atoms with Gasteiger partial charge in [-0.1, -0.05) is 6.92 Å². The lowest BCUT2D eigenvalue weighted by Crippen LogP contribution is -2.25. The predicted octanol–water partition coefficient (Wildman–Crippen LogP) is 2.04. The van der Waals surface area contributed by atoms with Crippen LogP contribution in [0.15, 0.2) is 0 Å². The van der Waals surface area contributed by atoms with Gasteiger partial charge in [0.25, 0.3) is 0 Å². The molecule has 7 heteroatoms. The van der Waals surface area contributed by atoms with E-state index in [1.165, 1.54) is 0 Å². The van der Waals surface area contributed by atoms with Crippen LogP contribution in [0, 0.1) is 17.0 Å². The Kier molecular flexibility index (Phi) is 5.29. The van der Waals surface area contributed by atoms with Crippen LogP contribution < -0.4 is 5.32 Å². The van der Waals surface area contributed by atoms with Gasteiger partial charge in [0.1, 0.15) is 5.69 Å². The van der Waals surface area contributed by atoms with E-state index in [9.17, 15) is 10.1 Å². The number of nitrogens with one attached hydrogen (secondary N) is 1. The van der Waals surface area contributed by atoms with Gasteiger partial charge in [0, 0.05) is 19.1 Å². The Morgan fingerprint density at radius 1 is 1.53 bits per heavy atom. The lowest BCUT2D eigenvalue weighted by molar-refractivity contribution is -0.384. The van der Waals surface area contributed by atoms with E-state index in [4.69, 9.17) is 0 Å². The third kappa shape index (κ3) is 3.66. The van der Waals surface area contributed by atoms with Crippen LogP contribution in [-0.2, 0) is 0 Å². The standard InChI is InChI=1S/C12H23N5O2/c1-6-15(5)8-7-13-12-11(17(18)19)10(4)14-16(12)9(2)3/h9,13H,6-8H2,1-5H3. The summed E-state index contributed by atoms with van der Waals surface area (Å²) in [7, 11) is 2.01. The molecule has 0 aliphatic rings. The fraction of sp³-hybridized carbons (Fsp3) is 0.750. The van der Waals surface area contributed by atoms with Crippen molar-refractivity contribution >= 4 is 11.5 Å². The fourth-order valence-electron chi connectivity index (χ4n) is 1.82. The van der Waals surface area contributed by atoms with Crippen LogP contribution in [0.1, 0.15) is 32.5 Å². The third-order valence-corrected chi connectivity index (χ3v) is 3.05. The highest BCUT2D eigenvalue weighted by Gasteiger charge is 2.26. The minimum Gasteiger partial charge on any atom is -0.363 e. The molecule has 1 aromatic rings. The molecule has 0 fully saturated rings. The Morgan fingerprint density at radius 2 is 2.16 bits per heavy atom. The SMILES string of the molecule is CCN(C)CCNc1c([N+](=O)[O-])c(C)nn1C(C)C. The summed E-state index contributed by atoms with van der Waals surface area (Å²) in [5.74, 6) is 0.502. The summed E-state index contributed by atoms with van der Waals surface area (Å²) in [6.07, 6.45) is 0. The molecule has 0 saturated heterocycles. The van der Waals surface area contributed by atoms with Gasteiger partial charge in [0.2, 0.25) is 5.82 Å². The van der Waals surface area contributed by atoms with E-state index >= 15 is 0 Å². The van der Waals surface area contributed by atoms with Gasteiger partial charge >= 0.3 is 5.69 Å². The van der Waals surface area contributed by atoms with Crippen molar-refractivity contribution in [2.24, 2.45) is 0 Å². The summed E-state index contributed by atoms with van der Waals surface area (Å²) in [5.41, 5.74) is 0.526. The normalized spacial score (nSPS) is 11.3. The van der Waals surface area contributed by atoms with Gasteiger partial charge in [-0.05, 0) is 34.4 Å². The molecule has 0 aliphatic carbocycles. The van der Waals surface area contributed by atoms with Crippen LogP contribution in [0.25, 0.3) is 0 Å². The summed E-state index contributed by atoms with van der Waals surface area (Å²) in [6, 6.07) is 0.0822. The first-order valence-corrected chi connectivity index (χ1v) is 6.54. The second-order valence-corrected chi connectivity index (χ2v) is 4.90. The highest BCUT2D eigenvalue weighted by molar-refractivity contribution is 5.59. The number of aromatic nitrogens is 2. The maximum atomic E-state index is 11.1. The van der Waals surface area contributed by atoms with Gasteiger partial charge < -0.3 is 10.2 Å². The molecule has 0 atom stereocenters. The molecule has 1 rings (SSSR count). The molecule has 1 aromatic heterocycles. The van der Waals surface area contributed by atoms with Crippen molar-refractivity contribution in [2.75, 3.05) is 32.0 Å². The van der Waals surface area contributed by atoms with E-state index in [0.29, 0.717) is 18.1 Å². The van der Waals surface area contributed by atoms with Crippen molar-refractivity contribution < 1.29 is 4.92 Å². The molecule has 0 spiro atoms. The van der Waals surface area contributed by atoms with Crippen LogP contribution >= 0.6 is 0 Å². The van der Waals surface area contributed by atoms with Crippen LogP contribution in [0.3, 0.4) is 0 Å². The molecule has 1 heterocycles. The van der Waals surface area contributed by atoms with E-state index in [0.717, 1.165) is 13.1 Å². The Balaban J connectivity index is 2.92. The molecule has 0 amide bonds. The van der Waals surface area contributed by atoms with Crippen molar-refractivity contribution in [2.45, 2.75) is 33.7 Å². The van der Waals surface area contributed by atoms with E-state index in [1.807, 2.05) is 20.9 Å². The van der Waals surface area contributed by atoms with Gasteiger partial charge in [0.05, 0.1) is 4.92 Å². The van der Waals surface area contributed by atoms with Gasteiger partial charge in [-0.3, -0.25) is 10.1 Å². The molecule has 1 N–H and O–H groups in total. The molecule has 108 valence electrons. The van der Waals surface area contributed by atoms with Crippen LogP contribution in [0.2, 0.25) is 0 Å². The number of hydrogen-bond donors (Lipinski definition) is 1. The van der Waals surface area contributed by atoms with Crippen LogP contribution in [-0.4, -0.2) is 46.3 Å². The minimum absolute atomic E-state index is 0.0767. The molecule has 0 aliphatic heterocycles. The Bertz CT molecular complexity index is 442. The van der Waals surface area contributed by atoms with Crippen LogP contribution in [0.4, 0.5) is 11.5 Å². The van der Waals surface area contributed by atoms with Gasteiger partial charge in [0.15, 0.2) is 0 Å². The topological polar surface area (TPSA) is 76.2 Å². The molecule has 0 bridgehead atoms. The zero-order valence-electron chi connectivity index (χ0n) is 12.3. The quantitative estimate of drug-likeness (QED) is 0.605. The van der Waals surface area contributed by atoms with E-state index in [-0.39, 0.29) is 16.7 Å². The Morgan fingerprint density at radius 3 is 2.63 bits per heavy atom. The number of aryl methyl sites for hydroxylation is 1. The van der Waals surface area contributed by atoms with Gasteiger partial charge in [-0.25, -0.2) is 4.68 Å². The zero-order chi connectivity index (χ0) is 14.6. The van der Waals surface area contributed by atoms with Crippen molar-refractivity contribution in [1.82, 2.24) is 14.7 Å². The zero-order valence-corrected chi connectivity index (χ0v) is 12.3. The lowest BCUT2D eigenvalue weighted by atomic mass is 10.3. The molecule has 7 nitrogen and oxygen atoms in total. The number of hydrogen-bond acceptors (Lipinski definition) is 5. The second-order valence-electron chi connectivity index (χ2n) is 4.90. The molecule has 19 heavy (non-hydrogen) atoms. The molecule has 0 saturated carbocycles. The number of rotatable bonds is 7. The highest BCUT2D eigenvalue weighted by Crippen LogP contribution is 2.30. The fourth-order valence-corrected chi connectivity index (χ4v) is 1.82. The van der Waals surface area contributed by atoms with Crippen molar-refractivity contribution in [1.29, 1.82) is 0 Å². The maximum Gasteiger partial charge on any atom is 0.333 e. The minimum atomic E-state index is -0.368. The lowest BCUT2D eigenvalue weighted by Gasteiger charge is -2.16. The average molecular weight is 269 g/mol. The summed E-state index contributed by atoms with van der Waals surface area (Å²) >= 11 is 0. The number of nitro groups is 1. The van der Waals surface area contributed by atoms with Crippen LogP contribution in [0.5, 0.6) is 0 Å². The van der Waals surface area contributed by atoms with Gasteiger partial charge in [-0.2, -0.15) is 5.10 Å². The largest absolute Gasteiger partial charge is 0.363 e. The molecule has 0 unspecified atom stereocenters. The van der Waals surface area contributed by atoms with E-state index < -0.39 is 0 Å². The second kappa shape index (κ2) is 6.51. The maximum absolute atomic E-state index is 11.1. The Labute approximate surface area is 113 Å². The Hall–Kier alpha value is -1.63. The number of likely N-dealkylation sites (N-methyl/N-ethyl adjacent to an activating group) is 1.